The molecule has 6 N–H and O–H groups in total. The number of hydrogen-bond donors (Lipinski definition) is 5. The average Bonchev–Trinajstić information content (AvgIpc) is 2.60. The minimum absolute atomic E-state index is 0.00533. The van der Waals surface area contributed by atoms with Gasteiger partial charge in [-0.15, -0.1) is 0 Å². The Balaban J connectivity index is 2.43. The Morgan fingerprint density at radius 1 is 1.53 bits per heavy atom. The van der Waals surface area contributed by atoms with Gasteiger partial charge in [-0.1, -0.05) is 6.92 Å². The molecule has 1 rings (SSSR count). The lowest BCUT2D eigenvalue weighted by molar-refractivity contribution is 0.510. The molecule has 1 aromatic rings. The van der Waals surface area contributed by atoms with Crippen LogP contribution >= 0.6 is 0 Å². The molecular weight excluding hydrogens is 194 g/mol. The SMILES string of the molecule is CCc1occc1CNC(=N)NC(=N)N. The molecule has 0 atom stereocenters. The highest BCUT2D eigenvalue weighted by Gasteiger charge is 2.04. The highest BCUT2D eigenvalue weighted by atomic mass is 16.3. The molecule has 0 fully saturated rings. The zero-order valence-corrected chi connectivity index (χ0v) is 8.55. The highest BCUT2D eigenvalue weighted by Crippen LogP contribution is 2.10. The first-order chi connectivity index (χ1) is 7.13. The Morgan fingerprint density at radius 3 is 2.87 bits per heavy atom. The zero-order chi connectivity index (χ0) is 11.3. The van der Waals surface area contributed by atoms with E-state index in [4.69, 9.17) is 21.0 Å². The van der Waals surface area contributed by atoms with E-state index in [0.717, 1.165) is 17.7 Å². The number of furan rings is 1. The van der Waals surface area contributed by atoms with Crippen LogP contribution in [0.1, 0.15) is 18.2 Å². The Hall–Kier alpha value is -1.98. The topological polar surface area (TPSA) is 111 Å². The van der Waals surface area contributed by atoms with Gasteiger partial charge >= 0.3 is 0 Å². The van der Waals surface area contributed by atoms with E-state index in [9.17, 15) is 0 Å². The summed E-state index contributed by atoms with van der Waals surface area (Å²) < 4.78 is 5.23. The molecule has 0 amide bonds. The van der Waals surface area contributed by atoms with E-state index in [1.165, 1.54) is 0 Å². The number of guanidine groups is 2. The van der Waals surface area contributed by atoms with Crippen molar-refractivity contribution in [2.24, 2.45) is 5.73 Å². The molecule has 0 aliphatic rings. The number of rotatable bonds is 3. The summed E-state index contributed by atoms with van der Waals surface area (Å²) in [5, 5.41) is 19.4. The van der Waals surface area contributed by atoms with Gasteiger partial charge in [0.1, 0.15) is 5.76 Å². The minimum atomic E-state index is -0.254. The summed E-state index contributed by atoms with van der Waals surface area (Å²) in [4.78, 5) is 0. The Kier molecular flexibility index (Phi) is 3.73. The van der Waals surface area contributed by atoms with Gasteiger partial charge in [0.15, 0.2) is 11.9 Å². The summed E-state index contributed by atoms with van der Waals surface area (Å²) in [6.45, 7) is 2.49. The molecule has 1 heterocycles. The fourth-order valence-corrected chi connectivity index (χ4v) is 1.20. The maximum absolute atomic E-state index is 7.38. The Bertz CT molecular complexity index is 357. The third-order valence-electron chi connectivity index (χ3n) is 1.87. The molecule has 0 unspecified atom stereocenters. The molecule has 0 aliphatic heterocycles. The summed E-state index contributed by atoms with van der Waals surface area (Å²) in [7, 11) is 0. The molecular formula is C9H15N5O. The minimum Gasteiger partial charge on any atom is -0.469 e. The molecule has 82 valence electrons. The molecule has 0 aliphatic carbocycles. The van der Waals surface area contributed by atoms with Gasteiger partial charge in [-0.25, -0.2) is 0 Å². The summed E-state index contributed by atoms with van der Waals surface area (Å²) in [6, 6.07) is 1.85. The van der Waals surface area contributed by atoms with E-state index in [1.807, 2.05) is 13.0 Å². The van der Waals surface area contributed by atoms with Gasteiger partial charge < -0.3 is 15.5 Å². The maximum atomic E-state index is 7.38. The van der Waals surface area contributed by atoms with Crippen LogP contribution in [0.25, 0.3) is 0 Å². The predicted octanol–water partition coefficient (Wildman–Crippen LogP) is 0.349. The predicted molar refractivity (Wildman–Crippen MR) is 57.7 cm³/mol. The van der Waals surface area contributed by atoms with Gasteiger partial charge in [0, 0.05) is 18.5 Å². The van der Waals surface area contributed by atoms with Gasteiger partial charge in [-0.05, 0) is 6.07 Å². The lowest BCUT2D eigenvalue weighted by Gasteiger charge is -2.08. The summed E-state index contributed by atoms with van der Waals surface area (Å²) in [6.07, 6.45) is 2.44. The molecule has 0 saturated heterocycles. The lowest BCUT2D eigenvalue weighted by Crippen LogP contribution is -2.43. The molecule has 0 bridgehead atoms. The van der Waals surface area contributed by atoms with Crippen LogP contribution in [0.4, 0.5) is 0 Å². The van der Waals surface area contributed by atoms with Gasteiger partial charge in [-0.3, -0.25) is 16.1 Å². The van der Waals surface area contributed by atoms with Crippen molar-refractivity contribution in [3.63, 3.8) is 0 Å². The van der Waals surface area contributed by atoms with Crippen molar-refractivity contribution in [2.75, 3.05) is 0 Å². The number of nitrogens with two attached hydrogens (primary N) is 1. The first kappa shape index (κ1) is 11.1. The maximum Gasteiger partial charge on any atom is 0.195 e. The average molecular weight is 209 g/mol. The molecule has 6 nitrogen and oxygen atoms in total. The van der Waals surface area contributed by atoms with E-state index in [2.05, 4.69) is 10.6 Å². The van der Waals surface area contributed by atoms with Crippen molar-refractivity contribution in [3.05, 3.63) is 23.7 Å². The Morgan fingerprint density at radius 2 is 2.27 bits per heavy atom. The normalized spacial score (nSPS) is 9.67. The number of nitrogens with one attached hydrogen (secondary N) is 4. The first-order valence-corrected chi connectivity index (χ1v) is 4.62. The largest absolute Gasteiger partial charge is 0.469 e. The third kappa shape index (κ3) is 3.34. The molecule has 0 saturated carbocycles. The van der Waals surface area contributed by atoms with Crippen molar-refractivity contribution in [1.29, 1.82) is 10.8 Å². The quantitative estimate of drug-likeness (QED) is 0.365. The second-order valence-corrected chi connectivity index (χ2v) is 2.99. The van der Waals surface area contributed by atoms with Gasteiger partial charge in [0.05, 0.1) is 6.26 Å². The van der Waals surface area contributed by atoms with Gasteiger partial charge in [-0.2, -0.15) is 0 Å². The standard InChI is InChI=1S/C9H15N5O/c1-2-7-6(3-4-15-7)5-13-9(12)14-8(10)11/h3-4H,2,5H2,1H3,(H6,10,11,12,13,14). The molecule has 0 spiro atoms. The first-order valence-electron chi connectivity index (χ1n) is 4.62. The van der Waals surface area contributed by atoms with Crippen LogP contribution in [0.2, 0.25) is 0 Å². The molecule has 6 heteroatoms. The fraction of sp³-hybridized carbons (Fsp3) is 0.333. The monoisotopic (exact) mass is 209 g/mol. The van der Waals surface area contributed by atoms with Crippen molar-refractivity contribution < 1.29 is 4.42 Å². The van der Waals surface area contributed by atoms with E-state index in [1.54, 1.807) is 6.26 Å². The van der Waals surface area contributed by atoms with Crippen LogP contribution in [0.5, 0.6) is 0 Å². The van der Waals surface area contributed by atoms with Crippen molar-refractivity contribution in [2.45, 2.75) is 19.9 Å². The van der Waals surface area contributed by atoms with E-state index in [0.29, 0.717) is 6.54 Å². The van der Waals surface area contributed by atoms with Gasteiger partial charge in [0.25, 0.3) is 0 Å². The lowest BCUT2D eigenvalue weighted by atomic mass is 10.2. The van der Waals surface area contributed by atoms with E-state index in [-0.39, 0.29) is 11.9 Å². The molecule has 0 aromatic carbocycles. The van der Waals surface area contributed by atoms with Crippen molar-refractivity contribution in [3.8, 4) is 0 Å². The molecule has 1 aromatic heterocycles. The smallest absolute Gasteiger partial charge is 0.195 e. The van der Waals surface area contributed by atoms with Crippen LogP contribution in [0.15, 0.2) is 16.7 Å². The van der Waals surface area contributed by atoms with Crippen LogP contribution in [0, 0.1) is 10.8 Å². The number of aryl methyl sites for hydroxylation is 1. The zero-order valence-electron chi connectivity index (χ0n) is 8.55. The second kappa shape index (κ2) is 5.04. The summed E-state index contributed by atoms with van der Waals surface area (Å²) in [5.41, 5.74) is 6.08. The second-order valence-electron chi connectivity index (χ2n) is 2.99. The third-order valence-corrected chi connectivity index (χ3v) is 1.87. The highest BCUT2D eigenvalue weighted by molar-refractivity contribution is 5.94. The van der Waals surface area contributed by atoms with E-state index >= 15 is 0 Å². The summed E-state index contributed by atoms with van der Waals surface area (Å²) >= 11 is 0. The van der Waals surface area contributed by atoms with Crippen molar-refractivity contribution >= 4 is 11.9 Å². The Labute approximate surface area is 87.9 Å². The molecule has 15 heavy (non-hydrogen) atoms. The van der Waals surface area contributed by atoms with Gasteiger partial charge in [0.2, 0.25) is 0 Å². The number of hydrogen-bond acceptors (Lipinski definition) is 3. The summed E-state index contributed by atoms with van der Waals surface area (Å²) in [5.74, 6) is 0.652. The van der Waals surface area contributed by atoms with Crippen molar-refractivity contribution in [1.82, 2.24) is 10.6 Å². The van der Waals surface area contributed by atoms with Crippen LogP contribution in [0.3, 0.4) is 0 Å². The van der Waals surface area contributed by atoms with Crippen LogP contribution < -0.4 is 16.4 Å². The molecule has 0 radical (unpaired) electrons. The van der Waals surface area contributed by atoms with Crippen LogP contribution in [-0.4, -0.2) is 11.9 Å². The van der Waals surface area contributed by atoms with E-state index < -0.39 is 0 Å². The van der Waals surface area contributed by atoms with Crippen LogP contribution in [-0.2, 0) is 13.0 Å². The fourth-order valence-electron chi connectivity index (χ4n) is 1.20.